The van der Waals surface area contributed by atoms with Crippen molar-refractivity contribution in [3.8, 4) is 5.75 Å². The van der Waals surface area contributed by atoms with E-state index in [1.807, 2.05) is 0 Å². The Morgan fingerprint density at radius 3 is 2.29 bits per heavy atom. The maximum absolute atomic E-state index is 12.5. The van der Waals surface area contributed by atoms with Crippen molar-refractivity contribution in [1.29, 1.82) is 0 Å². The number of nitro groups is 1. The number of nitro benzene ring substituents is 1. The van der Waals surface area contributed by atoms with Crippen LogP contribution < -0.4 is 10.2 Å². The first-order valence-corrected chi connectivity index (χ1v) is 7.12. The number of nitrogens with zero attached hydrogens (tertiary/aromatic N) is 2. The second kappa shape index (κ2) is 5.99. The SMILES string of the molecule is O=C1CC(Nc2ccc(O)cc2)C(=O)N1c1ccc([N+](=O)[O-])cc1. The molecule has 3 rings (SSSR count). The average Bonchev–Trinajstić information content (AvgIpc) is 2.83. The van der Waals surface area contributed by atoms with E-state index >= 15 is 0 Å². The number of hydrogen-bond donors (Lipinski definition) is 2. The van der Waals surface area contributed by atoms with Gasteiger partial charge in [-0.2, -0.15) is 0 Å². The molecule has 2 amide bonds. The van der Waals surface area contributed by atoms with Crippen molar-refractivity contribution in [1.82, 2.24) is 0 Å². The van der Waals surface area contributed by atoms with Gasteiger partial charge in [0, 0.05) is 17.8 Å². The summed E-state index contributed by atoms with van der Waals surface area (Å²) in [4.78, 5) is 35.8. The summed E-state index contributed by atoms with van der Waals surface area (Å²) in [6.45, 7) is 0. The molecule has 8 heteroatoms. The normalized spacial score (nSPS) is 17.2. The van der Waals surface area contributed by atoms with Crippen LogP contribution in [0.1, 0.15) is 6.42 Å². The standard InChI is InChI=1S/C16H13N3O5/c20-13-7-1-10(2-8-13)17-14-9-15(21)18(16(14)22)11-3-5-12(6-4-11)19(23)24/h1-8,14,17,20H,9H2. The van der Waals surface area contributed by atoms with Crippen LogP contribution in [0.2, 0.25) is 0 Å². The van der Waals surface area contributed by atoms with Crippen molar-refractivity contribution >= 4 is 28.9 Å². The third kappa shape index (κ3) is 2.89. The Bertz CT molecular complexity index is 801. The van der Waals surface area contributed by atoms with Gasteiger partial charge in [0.2, 0.25) is 5.91 Å². The first kappa shape index (κ1) is 15.5. The number of non-ortho nitro benzene ring substituents is 1. The van der Waals surface area contributed by atoms with E-state index in [1.54, 1.807) is 12.1 Å². The van der Waals surface area contributed by atoms with Crippen molar-refractivity contribution in [2.24, 2.45) is 0 Å². The Kier molecular flexibility index (Phi) is 3.87. The van der Waals surface area contributed by atoms with Gasteiger partial charge in [-0.05, 0) is 36.4 Å². The summed E-state index contributed by atoms with van der Waals surface area (Å²) in [5, 5.41) is 22.9. The zero-order valence-electron chi connectivity index (χ0n) is 12.4. The molecule has 2 aromatic carbocycles. The molecule has 1 aliphatic rings. The van der Waals surface area contributed by atoms with Crippen LogP contribution in [0.5, 0.6) is 5.75 Å². The number of imide groups is 1. The number of benzene rings is 2. The summed E-state index contributed by atoms with van der Waals surface area (Å²) in [5.74, 6) is -0.714. The van der Waals surface area contributed by atoms with Crippen LogP contribution in [-0.2, 0) is 9.59 Å². The van der Waals surface area contributed by atoms with E-state index in [4.69, 9.17) is 0 Å². The molecule has 0 spiro atoms. The van der Waals surface area contributed by atoms with Crippen molar-refractivity contribution in [3.63, 3.8) is 0 Å². The molecule has 0 bridgehead atoms. The number of hydrogen-bond acceptors (Lipinski definition) is 6. The maximum atomic E-state index is 12.5. The molecule has 1 aliphatic heterocycles. The van der Waals surface area contributed by atoms with E-state index in [9.17, 15) is 24.8 Å². The van der Waals surface area contributed by atoms with Crippen molar-refractivity contribution in [3.05, 3.63) is 58.6 Å². The van der Waals surface area contributed by atoms with Crippen LogP contribution in [0.25, 0.3) is 0 Å². The fourth-order valence-electron chi connectivity index (χ4n) is 2.50. The van der Waals surface area contributed by atoms with Gasteiger partial charge in [0.15, 0.2) is 0 Å². The van der Waals surface area contributed by atoms with Crippen LogP contribution in [0, 0.1) is 10.1 Å². The second-order valence-corrected chi connectivity index (χ2v) is 5.29. The third-order valence-corrected chi connectivity index (χ3v) is 3.67. The van der Waals surface area contributed by atoms with Gasteiger partial charge in [-0.15, -0.1) is 0 Å². The number of anilines is 2. The number of carbonyl (C=O) groups excluding carboxylic acids is 2. The van der Waals surface area contributed by atoms with Gasteiger partial charge in [0.1, 0.15) is 11.8 Å². The summed E-state index contributed by atoms with van der Waals surface area (Å²) in [6, 6.07) is 10.6. The highest BCUT2D eigenvalue weighted by atomic mass is 16.6. The summed E-state index contributed by atoms with van der Waals surface area (Å²) in [7, 11) is 0. The van der Waals surface area contributed by atoms with Gasteiger partial charge in [-0.3, -0.25) is 19.7 Å². The molecule has 24 heavy (non-hydrogen) atoms. The third-order valence-electron chi connectivity index (χ3n) is 3.67. The minimum absolute atomic E-state index is 0.0172. The number of rotatable bonds is 4. The zero-order chi connectivity index (χ0) is 17.3. The van der Waals surface area contributed by atoms with Gasteiger partial charge >= 0.3 is 0 Å². The zero-order valence-corrected chi connectivity index (χ0v) is 12.4. The molecule has 0 aliphatic carbocycles. The Labute approximate surface area is 136 Å². The second-order valence-electron chi connectivity index (χ2n) is 5.29. The molecule has 122 valence electrons. The highest BCUT2D eigenvalue weighted by molar-refractivity contribution is 6.23. The van der Waals surface area contributed by atoms with E-state index < -0.39 is 16.9 Å². The molecule has 1 saturated heterocycles. The summed E-state index contributed by atoms with van der Waals surface area (Å²) >= 11 is 0. The number of carbonyl (C=O) groups is 2. The lowest BCUT2D eigenvalue weighted by atomic mass is 10.2. The largest absolute Gasteiger partial charge is 0.508 e. The topological polar surface area (TPSA) is 113 Å². The molecule has 1 atom stereocenters. The molecule has 0 radical (unpaired) electrons. The molecule has 1 unspecified atom stereocenters. The van der Waals surface area contributed by atoms with Gasteiger partial charge in [0.05, 0.1) is 17.0 Å². The maximum Gasteiger partial charge on any atom is 0.269 e. The highest BCUT2D eigenvalue weighted by Crippen LogP contribution is 2.27. The van der Waals surface area contributed by atoms with E-state index in [2.05, 4.69) is 5.32 Å². The first-order valence-electron chi connectivity index (χ1n) is 7.12. The number of phenols is 1. The van der Waals surface area contributed by atoms with Crippen LogP contribution in [0.4, 0.5) is 17.1 Å². The first-order chi connectivity index (χ1) is 11.5. The number of aromatic hydroxyl groups is 1. The van der Waals surface area contributed by atoms with E-state index in [0.717, 1.165) is 4.90 Å². The Hall–Kier alpha value is -3.42. The lowest BCUT2D eigenvalue weighted by Gasteiger charge is -2.16. The average molecular weight is 327 g/mol. The smallest absolute Gasteiger partial charge is 0.269 e. The molecule has 0 aromatic heterocycles. The summed E-state index contributed by atoms with van der Waals surface area (Å²) < 4.78 is 0. The molecule has 8 nitrogen and oxygen atoms in total. The van der Waals surface area contributed by atoms with Crippen molar-refractivity contribution in [2.75, 3.05) is 10.2 Å². The number of phenolic OH excluding ortho intramolecular Hbond substituents is 1. The minimum atomic E-state index is -0.725. The van der Waals surface area contributed by atoms with Crippen LogP contribution in [0.3, 0.4) is 0 Å². The fourth-order valence-corrected chi connectivity index (χ4v) is 2.50. The Morgan fingerprint density at radius 2 is 1.71 bits per heavy atom. The lowest BCUT2D eigenvalue weighted by Crippen LogP contribution is -2.34. The van der Waals surface area contributed by atoms with E-state index in [1.165, 1.54) is 36.4 Å². The summed E-state index contributed by atoms with van der Waals surface area (Å²) in [5.41, 5.74) is 0.784. The number of amides is 2. The highest BCUT2D eigenvalue weighted by Gasteiger charge is 2.39. The van der Waals surface area contributed by atoms with Gasteiger partial charge in [0.25, 0.3) is 11.6 Å². The Morgan fingerprint density at radius 1 is 1.08 bits per heavy atom. The van der Waals surface area contributed by atoms with Gasteiger partial charge < -0.3 is 10.4 Å². The van der Waals surface area contributed by atoms with Crippen molar-refractivity contribution in [2.45, 2.75) is 12.5 Å². The quantitative estimate of drug-likeness (QED) is 0.384. The fraction of sp³-hybridized carbons (Fsp3) is 0.125. The predicted molar refractivity (Wildman–Crippen MR) is 85.7 cm³/mol. The number of nitrogens with one attached hydrogen (secondary N) is 1. The monoisotopic (exact) mass is 327 g/mol. The molecule has 1 heterocycles. The van der Waals surface area contributed by atoms with E-state index in [0.29, 0.717) is 11.4 Å². The molecular weight excluding hydrogens is 314 g/mol. The van der Waals surface area contributed by atoms with Crippen LogP contribution in [-0.4, -0.2) is 27.9 Å². The molecule has 1 fully saturated rings. The van der Waals surface area contributed by atoms with Gasteiger partial charge in [-0.1, -0.05) is 0 Å². The van der Waals surface area contributed by atoms with Gasteiger partial charge in [-0.25, -0.2) is 4.90 Å². The predicted octanol–water partition coefficient (Wildman–Crippen LogP) is 2.04. The molecule has 2 N–H and O–H groups in total. The van der Waals surface area contributed by atoms with Crippen LogP contribution >= 0.6 is 0 Å². The Balaban J connectivity index is 1.78. The molecule has 2 aromatic rings. The summed E-state index contributed by atoms with van der Waals surface area (Å²) in [6.07, 6.45) is -0.0172. The lowest BCUT2D eigenvalue weighted by molar-refractivity contribution is -0.384. The van der Waals surface area contributed by atoms with E-state index in [-0.39, 0.29) is 23.8 Å². The molecular formula is C16H13N3O5. The van der Waals surface area contributed by atoms with Crippen LogP contribution in [0.15, 0.2) is 48.5 Å². The minimum Gasteiger partial charge on any atom is -0.508 e. The molecule has 0 saturated carbocycles. The van der Waals surface area contributed by atoms with Crippen molar-refractivity contribution < 1.29 is 19.6 Å².